The molecule has 0 spiro atoms. The Morgan fingerprint density at radius 3 is 2.79 bits per heavy atom. The molecule has 1 atom stereocenters. The molecule has 0 radical (unpaired) electrons. The van der Waals surface area contributed by atoms with E-state index in [2.05, 4.69) is 10.4 Å². The average molecular weight is 347 g/mol. The molecule has 2 N–H and O–H groups in total. The lowest BCUT2D eigenvalue weighted by atomic mass is 10.2. The minimum absolute atomic E-state index is 0.0137. The molecule has 0 unspecified atom stereocenters. The van der Waals surface area contributed by atoms with E-state index in [-0.39, 0.29) is 24.2 Å². The van der Waals surface area contributed by atoms with E-state index in [4.69, 9.17) is 5.11 Å². The number of aryl methyl sites for hydroxylation is 1. The monoisotopic (exact) mass is 347 g/mol. The highest BCUT2D eigenvalue weighted by atomic mass is 32.1. The number of carbonyl (C=O) groups excluding carboxylic acids is 1. The van der Waals surface area contributed by atoms with E-state index in [0.717, 1.165) is 21.6 Å². The summed E-state index contributed by atoms with van der Waals surface area (Å²) in [6.45, 7) is 4.20. The molecule has 0 bridgehead atoms. The second-order valence-electron chi connectivity index (χ2n) is 5.80. The van der Waals surface area contributed by atoms with Crippen molar-refractivity contribution < 1.29 is 14.3 Å². The first kappa shape index (κ1) is 16.6. The summed E-state index contributed by atoms with van der Waals surface area (Å²) >= 11 is 1.34. The number of rotatable bonds is 5. The van der Waals surface area contributed by atoms with Crippen LogP contribution in [0.1, 0.15) is 22.3 Å². The van der Waals surface area contributed by atoms with E-state index in [0.29, 0.717) is 11.4 Å². The van der Waals surface area contributed by atoms with Crippen LogP contribution in [0.4, 0.5) is 4.39 Å². The highest BCUT2D eigenvalue weighted by molar-refractivity contribution is 7.20. The van der Waals surface area contributed by atoms with Crippen LogP contribution in [0.3, 0.4) is 0 Å². The van der Waals surface area contributed by atoms with E-state index in [1.165, 1.54) is 23.5 Å². The number of aromatic nitrogens is 2. The van der Waals surface area contributed by atoms with E-state index in [1.54, 1.807) is 16.8 Å². The number of aliphatic hydroxyl groups is 1. The van der Waals surface area contributed by atoms with Crippen molar-refractivity contribution in [1.82, 2.24) is 15.1 Å². The molecule has 0 saturated carbocycles. The Hall–Kier alpha value is -2.25. The standard InChI is InChI=1S/C17H18FN3O2S/c1-10(9-22)8-19-16(23)15-7-14-11(2)20-21(17(14)24-15)13-5-3-12(18)4-6-13/h3-7,10,22H,8-9H2,1-2H3,(H,19,23)/t10-/m1/s1. The second-order valence-corrected chi connectivity index (χ2v) is 6.83. The third-order valence-electron chi connectivity index (χ3n) is 3.76. The third kappa shape index (κ3) is 3.18. The number of benzene rings is 1. The highest BCUT2D eigenvalue weighted by Gasteiger charge is 2.17. The summed E-state index contributed by atoms with van der Waals surface area (Å²) in [4.78, 5) is 13.7. The number of hydrogen-bond acceptors (Lipinski definition) is 4. The molecule has 0 aliphatic rings. The molecule has 7 heteroatoms. The minimum atomic E-state index is -0.303. The maximum absolute atomic E-state index is 13.1. The number of fused-ring (bicyclic) bond motifs is 1. The van der Waals surface area contributed by atoms with Crippen molar-refractivity contribution in [3.63, 3.8) is 0 Å². The van der Waals surface area contributed by atoms with Gasteiger partial charge in [-0.05, 0) is 43.2 Å². The van der Waals surface area contributed by atoms with Crippen LogP contribution < -0.4 is 5.32 Å². The molecule has 0 saturated heterocycles. The van der Waals surface area contributed by atoms with Crippen LogP contribution in [0.5, 0.6) is 0 Å². The normalized spacial score (nSPS) is 12.5. The fourth-order valence-electron chi connectivity index (χ4n) is 2.34. The summed E-state index contributed by atoms with van der Waals surface area (Å²) in [5, 5.41) is 17.2. The Bertz CT molecular complexity index is 870. The van der Waals surface area contributed by atoms with Crippen LogP contribution in [-0.4, -0.2) is 33.9 Å². The number of nitrogens with zero attached hydrogens (tertiary/aromatic N) is 2. The van der Waals surface area contributed by atoms with Crippen molar-refractivity contribution in [3.05, 3.63) is 46.7 Å². The van der Waals surface area contributed by atoms with Crippen LogP contribution in [0, 0.1) is 18.7 Å². The number of carbonyl (C=O) groups is 1. The number of thiophene rings is 1. The first-order valence-electron chi connectivity index (χ1n) is 7.63. The molecule has 0 aliphatic heterocycles. The van der Waals surface area contributed by atoms with E-state index >= 15 is 0 Å². The van der Waals surface area contributed by atoms with E-state index in [9.17, 15) is 9.18 Å². The van der Waals surface area contributed by atoms with Gasteiger partial charge in [0.15, 0.2) is 0 Å². The van der Waals surface area contributed by atoms with Crippen LogP contribution in [0.15, 0.2) is 30.3 Å². The first-order valence-corrected chi connectivity index (χ1v) is 8.45. The molecule has 2 aromatic heterocycles. The molecule has 24 heavy (non-hydrogen) atoms. The summed E-state index contributed by atoms with van der Waals surface area (Å²) in [5.74, 6) is -0.454. The lowest BCUT2D eigenvalue weighted by Gasteiger charge is -2.08. The van der Waals surface area contributed by atoms with Gasteiger partial charge in [-0.3, -0.25) is 4.79 Å². The molecular weight excluding hydrogens is 329 g/mol. The van der Waals surface area contributed by atoms with Crippen LogP contribution in [-0.2, 0) is 0 Å². The van der Waals surface area contributed by atoms with Gasteiger partial charge >= 0.3 is 0 Å². The quantitative estimate of drug-likeness (QED) is 0.746. The van der Waals surface area contributed by atoms with Gasteiger partial charge in [-0.25, -0.2) is 9.07 Å². The smallest absolute Gasteiger partial charge is 0.261 e. The number of halogens is 1. The maximum Gasteiger partial charge on any atom is 0.261 e. The molecule has 2 heterocycles. The largest absolute Gasteiger partial charge is 0.396 e. The Morgan fingerprint density at radius 2 is 2.12 bits per heavy atom. The van der Waals surface area contributed by atoms with Crippen molar-refractivity contribution in [3.8, 4) is 5.69 Å². The Morgan fingerprint density at radius 1 is 1.42 bits per heavy atom. The maximum atomic E-state index is 13.1. The predicted molar refractivity (Wildman–Crippen MR) is 92.2 cm³/mol. The van der Waals surface area contributed by atoms with Gasteiger partial charge in [-0.1, -0.05) is 6.92 Å². The molecule has 0 aliphatic carbocycles. The van der Waals surface area contributed by atoms with Crippen LogP contribution in [0.25, 0.3) is 15.9 Å². The molecular formula is C17H18FN3O2S. The molecule has 5 nitrogen and oxygen atoms in total. The molecule has 3 aromatic rings. The number of aliphatic hydroxyl groups excluding tert-OH is 1. The fraction of sp³-hybridized carbons (Fsp3) is 0.294. The predicted octanol–water partition coefficient (Wildman–Crippen LogP) is 2.89. The highest BCUT2D eigenvalue weighted by Crippen LogP contribution is 2.30. The van der Waals surface area contributed by atoms with E-state index < -0.39 is 0 Å². The zero-order chi connectivity index (χ0) is 17.3. The van der Waals surface area contributed by atoms with Crippen LogP contribution >= 0.6 is 11.3 Å². The van der Waals surface area contributed by atoms with Gasteiger partial charge in [-0.15, -0.1) is 11.3 Å². The Labute approximate surface area is 142 Å². The number of nitrogens with one attached hydrogen (secondary N) is 1. The fourth-order valence-corrected chi connectivity index (χ4v) is 3.43. The van der Waals surface area contributed by atoms with Gasteiger partial charge in [0.2, 0.25) is 0 Å². The number of amides is 1. The zero-order valence-corrected chi connectivity index (χ0v) is 14.2. The molecule has 0 fully saturated rings. The van der Waals surface area contributed by atoms with E-state index in [1.807, 2.05) is 19.9 Å². The van der Waals surface area contributed by atoms with Gasteiger partial charge in [0.05, 0.1) is 16.3 Å². The average Bonchev–Trinajstić information content (AvgIpc) is 3.14. The van der Waals surface area contributed by atoms with Crippen molar-refractivity contribution in [2.24, 2.45) is 5.92 Å². The first-order chi connectivity index (χ1) is 11.5. The van der Waals surface area contributed by atoms with Crippen molar-refractivity contribution in [1.29, 1.82) is 0 Å². The Kier molecular flexibility index (Phi) is 4.64. The van der Waals surface area contributed by atoms with Crippen molar-refractivity contribution in [2.75, 3.05) is 13.2 Å². The van der Waals surface area contributed by atoms with Crippen molar-refractivity contribution in [2.45, 2.75) is 13.8 Å². The molecule has 1 amide bonds. The summed E-state index contributed by atoms with van der Waals surface area (Å²) in [6, 6.07) is 7.90. The summed E-state index contributed by atoms with van der Waals surface area (Å²) < 4.78 is 14.8. The zero-order valence-electron chi connectivity index (χ0n) is 13.4. The lowest BCUT2D eigenvalue weighted by molar-refractivity contribution is 0.0946. The van der Waals surface area contributed by atoms with Gasteiger partial charge in [0.25, 0.3) is 5.91 Å². The summed E-state index contributed by atoms with van der Waals surface area (Å²) in [5.41, 5.74) is 1.56. The molecule has 3 rings (SSSR count). The summed E-state index contributed by atoms with van der Waals surface area (Å²) in [7, 11) is 0. The minimum Gasteiger partial charge on any atom is -0.396 e. The lowest BCUT2D eigenvalue weighted by Crippen LogP contribution is -2.28. The van der Waals surface area contributed by atoms with Crippen molar-refractivity contribution >= 4 is 27.5 Å². The van der Waals surface area contributed by atoms with Gasteiger partial charge in [0.1, 0.15) is 10.6 Å². The second kappa shape index (κ2) is 6.70. The third-order valence-corrected chi connectivity index (χ3v) is 4.87. The van der Waals surface area contributed by atoms with Crippen LogP contribution in [0.2, 0.25) is 0 Å². The van der Waals surface area contributed by atoms with Gasteiger partial charge in [0, 0.05) is 18.5 Å². The SMILES string of the molecule is Cc1nn(-c2ccc(F)cc2)c2sc(C(=O)NC[C@@H](C)CO)cc12. The topological polar surface area (TPSA) is 67.2 Å². The molecule has 126 valence electrons. The van der Waals surface area contributed by atoms with Gasteiger partial charge in [-0.2, -0.15) is 5.10 Å². The molecule has 1 aromatic carbocycles. The summed E-state index contributed by atoms with van der Waals surface area (Å²) in [6.07, 6.45) is 0. The van der Waals surface area contributed by atoms with Gasteiger partial charge < -0.3 is 10.4 Å². The Balaban J connectivity index is 1.92. The number of hydrogen-bond donors (Lipinski definition) is 2.